The Balaban J connectivity index is 2.53. The number of ether oxygens (including phenoxy) is 5. The van der Waals surface area contributed by atoms with Gasteiger partial charge in [0.2, 0.25) is 6.10 Å². The Morgan fingerprint density at radius 3 is 2.02 bits per heavy atom. The van der Waals surface area contributed by atoms with Gasteiger partial charge in [-0.15, -0.1) is 0 Å². The van der Waals surface area contributed by atoms with E-state index in [1.165, 1.54) is 46.8 Å². The van der Waals surface area contributed by atoms with Crippen molar-refractivity contribution in [3.63, 3.8) is 0 Å². The first kappa shape index (κ1) is 34.3. The maximum atomic E-state index is 12.9. The van der Waals surface area contributed by atoms with Gasteiger partial charge in [0, 0.05) is 54.4 Å². The van der Waals surface area contributed by atoms with Crippen LogP contribution in [0, 0.1) is 0 Å². The number of aromatic nitrogens is 1. The van der Waals surface area contributed by atoms with Crippen molar-refractivity contribution in [1.29, 1.82) is 0 Å². The number of carbonyl (C=O) groups excluding carboxylic acids is 5. The summed E-state index contributed by atoms with van der Waals surface area (Å²) in [5.41, 5.74) is 1.57. The van der Waals surface area contributed by atoms with E-state index < -0.39 is 53.9 Å². The molecule has 0 fully saturated rings. The first-order chi connectivity index (χ1) is 20.6. The molecule has 2 N–H and O–H groups in total. The van der Waals surface area contributed by atoms with Gasteiger partial charge >= 0.3 is 29.8 Å². The lowest BCUT2D eigenvalue weighted by molar-refractivity contribution is -0.185. The molecular formula is C31H37NO11. The van der Waals surface area contributed by atoms with Crippen LogP contribution in [-0.2, 0) is 47.7 Å². The van der Waals surface area contributed by atoms with Crippen molar-refractivity contribution in [2.75, 3.05) is 0 Å². The molecule has 0 radical (unpaired) electrons. The van der Waals surface area contributed by atoms with Gasteiger partial charge in [-0.05, 0) is 25.1 Å². The standard InChI is InChI=1S/C31H37NO11/c1-6-23(40-28(38)16-15-19-17-32-21-14-12-11-13-20(19)21)30(42-26(36)9-4)31(43-27(37)10-5)29(41-25(35)8-3)22(33)18-39-24(34)7-2/h6,11-18,29-33H,7-10H2,1-5H3/b16-15+,22-18-,23-6-/t29-,30+,31+/m1/s1. The second-order valence-corrected chi connectivity index (χ2v) is 8.96. The minimum absolute atomic E-state index is 0.0288. The predicted octanol–water partition coefficient (Wildman–Crippen LogP) is 4.95. The number of fused-ring (bicyclic) bond motifs is 1. The summed E-state index contributed by atoms with van der Waals surface area (Å²) in [6.45, 7) is 7.48. The lowest BCUT2D eigenvalue weighted by atomic mass is 10.0. The fraction of sp³-hybridized carbons (Fsp3) is 0.387. The SMILES string of the molecule is C/C=C(\OC(=O)/C=C/c1c[nH]c2ccccc12)[C@H](OC(=O)CC)[C@@H](OC(=O)CC)[C@H](OC(=O)CC)/C(O)=C/OC(=O)CC. The summed E-state index contributed by atoms with van der Waals surface area (Å²) in [4.78, 5) is 65.1. The van der Waals surface area contributed by atoms with E-state index in [0.717, 1.165) is 17.0 Å². The molecular weight excluding hydrogens is 562 g/mol. The van der Waals surface area contributed by atoms with E-state index >= 15 is 0 Å². The van der Waals surface area contributed by atoms with Gasteiger partial charge in [-0.25, -0.2) is 4.79 Å². The largest absolute Gasteiger partial charge is 0.506 e. The van der Waals surface area contributed by atoms with Crippen LogP contribution in [0.25, 0.3) is 17.0 Å². The molecule has 12 nitrogen and oxygen atoms in total. The molecule has 0 spiro atoms. The third-order valence-corrected chi connectivity index (χ3v) is 5.94. The number of carbonyl (C=O) groups is 5. The molecule has 1 aromatic heterocycles. The summed E-state index contributed by atoms with van der Waals surface area (Å²) in [6, 6.07) is 7.46. The zero-order chi connectivity index (χ0) is 31.9. The number of benzene rings is 1. The Morgan fingerprint density at radius 1 is 0.837 bits per heavy atom. The number of nitrogens with one attached hydrogen (secondary N) is 1. The molecule has 3 atom stereocenters. The van der Waals surface area contributed by atoms with Crippen molar-refractivity contribution >= 4 is 46.8 Å². The summed E-state index contributed by atoms with van der Waals surface area (Å²) in [5, 5.41) is 11.7. The molecule has 0 bridgehead atoms. The number of hydrogen-bond acceptors (Lipinski definition) is 11. The van der Waals surface area contributed by atoms with Crippen LogP contribution >= 0.6 is 0 Å². The zero-order valence-electron chi connectivity index (χ0n) is 24.8. The Kier molecular flexibility index (Phi) is 13.7. The molecule has 0 saturated carbocycles. The van der Waals surface area contributed by atoms with E-state index in [2.05, 4.69) is 4.98 Å². The average molecular weight is 600 g/mol. The number of rotatable bonds is 15. The summed E-state index contributed by atoms with van der Waals surface area (Å²) >= 11 is 0. The Bertz CT molecular complexity index is 1390. The fourth-order valence-electron chi connectivity index (χ4n) is 3.65. The maximum absolute atomic E-state index is 12.9. The molecule has 1 heterocycles. The van der Waals surface area contributed by atoms with Crippen molar-refractivity contribution < 1.29 is 52.8 Å². The molecule has 0 aliphatic rings. The van der Waals surface area contributed by atoms with Crippen LogP contribution < -0.4 is 0 Å². The summed E-state index contributed by atoms with van der Waals surface area (Å²) in [7, 11) is 0. The number of H-pyrrole nitrogens is 1. The minimum Gasteiger partial charge on any atom is -0.506 e. The number of hydrogen-bond donors (Lipinski definition) is 2. The zero-order valence-corrected chi connectivity index (χ0v) is 24.8. The van der Waals surface area contributed by atoms with Gasteiger partial charge in [-0.3, -0.25) is 19.2 Å². The molecule has 0 amide bonds. The van der Waals surface area contributed by atoms with Crippen molar-refractivity contribution in [3.05, 3.63) is 66.0 Å². The highest BCUT2D eigenvalue weighted by molar-refractivity contribution is 5.94. The third kappa shape index (κ3) is 10.2. The first-order valence-corrected chi connectivity index (χ1v) is 13.9. The Labute approximate surface area is 249 Å². The first-order valence-electron chi connectivity index (χ1n) is 13.9. The van der Waals surface area contributed by atoms with E-state index in [0.29, 0.717) is 11.8 Å². The summed E-state index contributed by atoms with van der Waals surface area (Å²) in [5.74, 6) is -5.11. The smallest absolute Gasteiger partial charge is 0.335 e. The lowest BCUT2D eigenvalue weighted by Crippen LogP contribution is -2.48. The van der Waals surface area contributed by atoms with Crippen molar-refractivity contribution in [2.45, 2.75) is 78.6 Å². The second-order valence-electron chi connectivity index (χ2n) is 8.96. The van der Waals surface area contributed by atoms with Crippen molar-refractivity contribution in [1.82, 2.24) is 4.98 Å². The number of allylic oxidation sites excluding steroid dienone is 1. The van der Waals surface area contributed by atoms with Crippen LogP contribution in [0.2, 0.25) is 0 Å². The minimum atomic E-state index is -1.82. The van der Waals surface area contributed by atoms with Crippen LogP contribution in [0.4, 0.5) is 0 Å². The molecule has 1 aromatic carbocycles. The van der Waals surface area contributed by atoms with Gasteiger partial charge in [-0.2, -0.15) is 0 Å². The monoisotopic (exact) mass is 599 g/mol. The number of aliphatic hydroxyl groups is 1. The highest BCUT2D eigenvalue weighted by atomic mass is 16.6. The Hall–Kier alpha value is -4.87. The number of esters is 5. The molecule has 0 unspecified atom stereocenters. The van der Waals surface area contributed by atoms with Crippen molar-refractivity contribution in [2.24, 2.45) is 0 Å². The van der Waals surface area contributed by atoms with E-state index in [1.807, 2.05) is 24.3 Å². The van der Waals surface area contributed by atoms with Crippen LogP contribution in [0.3, 0.4) is 0 Å². The van der Waals surface area contributed by atoms with E-state index in [1.54, 1.807) is 6.20 Å². The average Bonchev–Trinajstić information content (AvgIpc) is 3.44. The summed E-state index contributed by atoms with van der Waals surface area (Å²) in [6.07, 6.45) is 0.637. The van der Waals surface area contributed by atoms with Crippen LogP contribution in [0.5, 0.6) is 0 Å². The van der Waals surface area contributed by atoms with Crippen molar-refractivity contribution in [3.8, 4) is 0 Å². The molecule has 232 valence electrons. The normalized spacial score (nSPS) is 14.1. The highest BCUT2D eigenvalue weighted by Gasteiger charge is 2.43. The van der Waals surface area contributed by atoms with E-state index in [9.17, 15) is 29.1 Å². The fourth-order valence-corrected chi connectivity index (χ4v) is 3.65. The topological polar surface area (TPSA) is 168 Å². The maximum Gasteiger partial charge on any atom is 0.335 e. The van der Waals surface area contributed by atoms with Gasteiger partial charge in [0.15, 0.2) is 18.0 Å². The second kappa shape index (κ2) is 17.2. The highest BCUT2D eigenvalue weighted by Crippen LogP contribution is 2.26. The van der Waals surface area contributed by atoms with Crippen LogP contribution in [-0.4, -0.2) is 58.2 Å². The quantitative estimate of drug-likeness (QED) is 0.123. The molecule has 43 heavy (non-hydrogen) atoms. The third-order valence-electron chi connectivity index (χ3n) is 5.94. The molecule has 12 heteroatoms. The van der Waals surface area contributed by atoms with Gasteiger partial charge < -0.3 is 33.8 Å². The Morgan fingerprint density at radius 2 is 1.42 bits per heavy atom. The number of para-hydroxylation sites is 1. The predicted molar refractivity (Wildman–Crippen MR) is 155 cm³/mol. The lowest BCUT2D eigenvalue weighted by Gasteiger charge is -2.32. The molecule has 2 aromatic rings. The number of aliphatic hydroxyl groups excluding tert-OH is 1. The van der Waals surface area contributed by atoms with E-state index in [4.69, 9.17) is 23.7 Å². The van der Waals surface area contributed by atoms with Gasteiger partial charge in [-0.1, -0.05) is 45.9 Å². The molecule has 0 saturated heterocycles. The molecule has 0 aliphatic carbocycles. The summed E-state index contributed by atoms with van der Waals surface area (Å²) < 4.78 is 26.8. The number of aromatic amines is 1. The van der Waals surface area contributed by atoms with E-state index in [-0.39, 0.29) is 31.4 Å². The molecule has 0 aliphatic heterocycles. The van der Waals surface area contributed by atoms with Crippen LogP contribution in [0.15, 0.2) is 60.4 Å². The van der Waals surface area contributed by atoms with Gasteiger partial charge in [0.1, 0.15) is 12.0 Å². The van der Waals surface area contributed by atoms with Crippen LogP contribution in [0.1, 0.15) is 65.9 Å². The van der Waals surface area contributed by atoms with Gasteiger partial charge in [0.25, 0.3) is 0 Å². The molecule has 2 rings (SSSR count). The van der Waals surface area contributed by atoms with Gasteiger partial charge in [0.05, 0.1) is 0 Å².